The Kier molecular flexibility index (Phi) is 5.08. The van der Waals surface area contributed by atoms with Crippen LogP contribution in [-0.2, 0) is 0 Å². The van der Waals surface area contributed by atoms with Crippen molar-refractivity contribution in [2.45, 2.75) is 24.9 Å². The molecule has 4 nitrogen and oxygen atoms in total. The predicted octanol–water partition coefficient (Wildman–Crippen LogP) is 6.45. The molecule has 39 heavy (non-hydrogen) atoms. The molecule has 190 valence electrons. The molecule has 7 rings (SSSR count). The highest BCUT2D eigenvalue weighted by molar-refractivity contribution is 6.32. The summed E-state index contributed by atoms with van der Waals surface area (Å²) in [5, 5.41) is 0. The van der Waals surface area contributed by atoms with Gasteiger partial charge in [0, 0.05) is 33.9 Å². The first-order chi connectivity index (χ1) is 18.9. The van der Waals surface area contributed by atoms with Gasteiger partial charge in [0.05, 0.1) is 6.04 Å². The molecule has 5 heteroatoms. The standard InChI is InChI=1S/C34H24FNO3/c1-20-11-13-22(14-12-20)31(37)30-29(21-7-3-2-4-8-21)34(32(38)25-9-5-6-10-26(25)33(34)39)28-18-15-23-19-24(35)16-17-27(23)36(28)30/h2-19,28-30H,1H3/t28-,29+,30-/m1/s1. The Morgan fingerprint density at radius 2 is 1.46 bits per heavy atom. The van der Waals surface area contributed by atoms with E-state index in [4.69, 9.17) is 0 Å². The average molecular weight is 514 g/mol. The number of nitrogens with zero attached hydrogens (tertiary/aromatic N) is 1. The van der Waals surface area contributed by atoms with Crippen molar-refractivity contribution in [3.05, 3.63) is 142 Å². The highest BCUT2D eigenvalue weighted by atomic mass is 19.1. The lowest BCUT2D eigenvalue weighted by atomic mass is 9.64. The van der Waals surface area contributed by atoms with E-state index >= 15 is 0 Å². The molecule has 1 spiro atoms. The number of carbonyl (C=O) groups is 3. The van der Waals surface area contributed by atoms with E-state index in [9.17, 15) is 18.8 Å². The second kappa shape index (κ2) is 8.43. The first-order valence-electron chi connectivity index (χ1n) is 13.0. The van der Waals surface area contributed by atoms with Gasteiger partial charge in [0.25, 0.3) is 0 Å². The predicted molar refractivity (Wildman–Crippen MR) is 148 cm³/mol. The number of aryl methyl sites for hydroxylation is 1. The summed E-state index contributed by atoms with van der Waals surface area (Å²) in [5.74, 6) is -1.91. The van der Waals surface area contributed by atoms with Crippen LogP contribution in [0.3, 0.4) is 0 Å². The Morgan fingerprint density at radius 3 is 2.13 bits per heavy atom. The number of hydrogen-bond acceptors (Lipinski definition) is 4. The van der Waals surface area contributed by atoms with Crippen molar-refractivity contribution in [2.75, 3.05) is 4.90 Å². The molecule has 0 aromatic heterocycles. The lowest BCUT2D eigenvalue weighted by molar-refractivity contribution is 0.0666. The molecule has 0 amide bonds. The quantitative estimate of drug-likeness (QED) is 0.233. The molecule has 0 unspecified atom stereocenters. The van der Waals surface area contributed by atoms with Crippen molar-refractivity contribution >= 4 is 29.1 Å². The van der Waals surface area contributed by atoms with E-state index in [0.29, 0.717) is 27.9 Å². The van der Waals surface area contributed by atoms with Crippen LogP contribution >= 0.6 is 0 Å². The van der Waals surface area contributed by atoms with Crippen molar-refractivity contribution in [1.29, 1.82) is 0 Å². The minimum atomic E-state index is -1.56. The van der Waals surface area contributed by atoms with Crippen molar-refractivity contribution < 1.29 is 18.8 Å². The zero-order chi connectivity index (χ0) is 26.9. The van der Waals surface area contributed by atoms with Crippen LogP contribution in [-0.4, -0.2) is 29.4 Å². The second-order valence-corrected chi connectivity index (χ2v) is 10.6. The maximum atomic E-state index is 14.5. The SMILES string of the molecule is Cc1ccc(C(=O)[C@H]2[C@H](c3ccccc3)C3(C(=O)c4ccccc4C3=O)[C@H]3C=Cc4cc(F)ccc4N23)cc1. The largest absolute Gasteiger partial charge is 0.352 e. The van der Waals surface area contributed by atoms with Crippen LogP contribution in [0.5, 0.6) is 0 Å². The van der Waals surface area contributed by atoms with Crippen LogP contribution in [0.25, 0.3) is 6.08 Å². The molecule has 1 saturated heterocycles. The number of anilines is 1. The molecular formula is C34H24FNO3. The van der Waals surface area contributed by atoms with Gasteiger partial charge in [-0.25, -0.2) is 4.39 Å². The summed E-state index contributed by atoms with van der Waals surface area (Å²) >= 11 is 0. The Labute approximate surface area is 225 Å². The van der Waals surface area contributed by atoms with Crippen LogP contribution in [0.2, 0.25) is 0 Å². The summed E-state index contributed by atoms with van der Waals surface area (Å²) in [6.45, 7) is 1.95. The van der Waals surface area contributed by atoms with Crippen molar-refractivity contribution in [2.24, 2.45) is 5.41 Å². The molecule has 1 fully saturated rings. The number of halogens is 1. The number of Topliss-reactive ketones (excluding diaryl/α,β-unsaturated/α-hetero) is 3. The molecule has 4 aromatic rings. The third kappa shape index (κ3) is 3.13. The summed E-state index contributed by atoms with van der Waals surface area (Å²) in [4.78, 5) is 45.5. The minimum absolute atomic E-state index is 0.187. The number of fused-ring (bicyclic) bond motifs is 5. The summed E-state index contributed by atoms with van der Waals surface area (Å²) < 4.78 is 14.3. The summed E-state index contributed by atoms with van der Waals surface area (Å²) in [7, 11) is 0. The molecule has 1 aliphatic carbocycles. The Balaban J connectivity index is 1.54. The maximum Gasteiger partial charge on any atom is 0.185 e. The molecular weight excluding hydrogens is 489 g/mol. The average Bonchev–Trinajstić information content (AvgIpc) is 3.39. The van der Waals surface area contributed by atoms with Gasteiger partial charge in [0.1, 0.15) is 17.3 Å². The van der Waals surface area contributed by atoms with Gasteiger partial charge < -0.3 is 4.90 Å². The van der Waals surface area contributed by atoms with Crippen LogP contribution < -0.4 is 4.90 Å². The molecule has 2 heterocycles. The molecule has 0 saturated carbocycles. The van der Waals surface area contributed by atoms with Gasteiger partial charge in [0.15, 0.2) is 17.3 Å². The lowest BCUT2D eigenvalue weighted by Crippen LogP contribution is -2.48. The van der Waals surface area contributed by atoms with Gasteiger partial charge in [0.2, 0.25) is 0 Å². The molecule has 4 aromatic carbocycles. The molecule has 3 aliphatic rings. The van der Waals surface area contributed by atoms with E-state index in [0.717, 1.165) is 11.1 Å². The third-order valence-electron chi connectivity index (χ3n) is 8.53. The number of benzene rings is 4. The van der Waals surface area contributed by atoms with Gasteiger partial charge >= 0.3 is 0 Å². The van der Waals surface area contributed by atoms with E-state index in [-0.39, 0.29) is 17.3 Å². The normalized spacial score (nSPS) is 22.1. The van der Waals surface area contributed by atoms with Crippen LogP contribution in [0, 0.1) is 18.2 Å². The van der Waals surface area contributed by atoms with E-state index in [1.54, 1.807) is 48.5 Å². The third-order valence-corrected chi connectivity index (χ3v) is 8.53. The molecule has 0 bridgehead atoms. The van der Waals surface area contributed by atoms with Crippen LogP contribution in [0.1, 0.15) is 53.7 Å². The van der Waals surface area contributed by atoms with Gasteiger partial charge in [-0.2, -0.15) is 0 Å². The molecule has 0 N–H and O–H groups in total. The van der Waals surface area contributed by atoms with Crippen molar-refractivity contribution in [1.82, 2.24) is 0 Å². The van der Waals surface area contributed by atoms with Gasteiger partial charge in [-0.1, -0.05) is 96.6 Å². The van der Waals surface area contributed by atoms with E-state index in [1.165, 1.54) is 12.1 Å². The zero-order valence-corrected chi connectivity index (χ0v) is 21.2. The smallest absolute Gasteiger partial charge is 0.185 e. The van der Waals surface area contributed by atoms with Gasteiger partial charge in [-0.3, -0.25) is 14.4 Å². The summed E-state index contributed by atoms with van der Waals surface area (Å²) in [5.41, 5.74) is 2.69. The van der Waals surface area contributed by atoms with Crippen LogP contribution in [0.4, 0.5) is 10.1 Å². The van der Waals surface area contributed by atoms with Crippen molar-refractivity contribution in [3.63, 3.8) is 0 Å². The highest BCUT2D eigenvalue weighted by Gasteiger charge is 2.71. The topological polar surface area (TPSA) is 54.5 Å². The van der Waals surface area contributed by atoms with Crippen LogP contribution in [0.15, 0.2) is 103 Å². The molecule has 0 radical (unpaired) electrons. The number of ketones is 3. The highest BCUT2D eigenvalue weighted by Crippen LogP contribution is 2.60. The lowest BCUT2D eigenvalue weighted by Gasteiger charge is -2.37. The van der Waals surface area contributed by atoms with E-state index in [1.807, 2.05) is 60.4 Å². The monoisotopic (exact) mass is 513 g/mol. The van der Waals surface area contributed by atoms with Crippen molar-refractivity contribution in [3.8, 4) is 0 Å². The maximum absolute atomic E-state index is 14.5. The Bertz CT molecular complexity index is 1670. The number of hydrogen-bond donors (Lipinski definition) is 0. The van der Waals surface area contributed by atoms with Gasteiger partial charge in [-0.15, -0.1) is 0 Å². The summed E-state index contributed by atoms with van der Waals surface area (Å²) in [6.07, 6.45) is 3.58. The number of carbonyl (C=O) groups excluding carboxylic acids is 3. The zero-order valence-electron chi connectivity index (χ0n) is 21.2. The van der Waals surface area contributed by atoms with E-state index < -0.39 is 29.2 Å². The van der Waals surface area contributed by atoms with E-state index in [2.05, 4.69) is 0 Å². The number of rotatable bonds is 3. The Hall–Kier alpha value is -4.64. The van der Waals surface area contributed by atoms with Gasteiger partial charge in [-0.05, 0) is 30.7 Å². The molecule has 3 atom stereocenters. The fourth-order valence-electron chi connectivity index (χ4n) is 6.87. The fraction of sp³-hybridized carbons (Fsp3) is 0.147. The Morgan fingerprint density at radius 1 is 0.821 bits per heavy atom. The fourth-order valence-corrected chi connectivity index (χ4v) is 6.87. The first kappa shape index (κ1) is 23.5. The minimum Gasteiger partial charge on any atom is -0.352 e. The summed E-state index contributed by atoms with van der Waals surface area (Å²) in [6, 6.07) is 26.5. The first-order valence-corrected chi connectivity index (χ1v) is 13.0. The molecule has 2 aliphatic heterocycles. The second-order valence-electron chi connectivity index (χ2n) is 10.6.